The minimum atomic E-state index is -0.872. The quantitative estimate of drug-likeness (QED) is 0.0775. The predicted molar refractivity (Wildman–Crippen MR) is 225 cm³/mol. The Morgan fingerprint density at radius 3 is 0.386 bits per heavy atom. The first-order valence-electron chi connectivity index (χ1n) is 20.2. The molecular formula is C38H38N16O16. The van der Waals surface area contributed by atoms with Crippen LogP contribution in [0.1, 0.15) is 68.3 Å². The molecule has 70 heavy (non-hydrogen) atoms. The average Bonchev–Trinajstić information content (AvgIpc) is 3.33. The molecule has 0 saturated heterocycles. The zero-order valence-electron chi connectivity index (χ0n) is 38.8. The van der Waals surface area contributed by atoms with Crippen molar-refractivity contribution < 1.29 is 75.7 Å². The van der Waals surface area contributed by atoms with E-state index in [0.29, 0.717) is 18.9 Å². The Hall–Kier alpha value is -9.78. The van der Waals surface area contributed by atoms with Crippen LogP contribution < -0.4 is 75.7 Å². The fraction of sp³-hybridized carbons (Fsp3) is 0.316. The van der Waals surface area contributed by atoms with Crippen molar-refractivity contribution in [3.8, 4) is 0 Å². The molecule has 9 rings (SSSR count). The van der Waals surface area contributed by atoms with Crippen LogP contribution >= 0.6 is 0 Å². The Kier molecular flexibility index (Phi) is 11.0. The van der Waals surface area contributed by atoms with E-state index in [-0.39, 0.29) is 147 Å². The van der Waals surface area contributed by atoms with Crippen molar-refractivity contribution in [1.82, 2.24) is 0 Å². The summed E-state index contributed by atoms with van der Waals surface area (Å²) < 4.78 is 2.44. The van der Waals surface area contributed by atoms with Crippen LogP contribution in [0, 0.1) is 166 Å². The second-order valence-corrected chi connectivity index (χ2v) is 16.2. The lowest BCUT2D eigenvalue weighted by Gasteiger charge is -2.11. The maximum absolute atomic E-state index is 12.5. The third-order valence-electron chi connectivity index (χ3n) is 12.6. The molecule has 0 saturated carbocycles. The van der Waals surface area contributed by atoms with Crippen molar-refractivity contribution in [2.24, 2.45) is 0 Å². The lowest BCUT2D eigenvalue weighted by Crippen LogP contribution is -2.63. The maximum atomic E-state index is 12.5. The standard InChI is InChI=1S/C14H14N4O4.2C12H12N6O6/c1-7-8(2)16(20)12-6-14-13(5-11(12)15(7)19)17(21)9(3)10(4)18(14)22;2*1-5-6(2)14(20)10-9(13(5)19)17(23)11-12(18(10)24)16(22)8(4)7(3)15(11)21/h5-6H,1-4H3;2*1-4H3. The van der Waals surface area contributed by atoms with Crippen LogP contribution in [0.25, 0.3) is 67.2 Å². The van der Waals surface area contributed by atoms with Crippen molar-refractivity contribution in [2.75, 3.05) is 0 Å². The zero-order chi connectivity index (χ0) is 52.5. The van der Waals surface area contributed by atoms with Gasteiger partial charge in [-0.3, -0.25) is 0 Å². The molecule has 0 radical (unpaired) electrons. The van der Waals surface area contributed by atoms with Crippen LogP contribution in [0.15, 0.2) is 12.1 Å². The molecule has 0 spiro atoms. The first-order chi connectivity index (χ1) is 32.5. The van der Waals surface area contributed by atoms with E-state index in [1.54, 1.807) is 0 Å². The summed E-state index contributed by atoms with van der Waals surface area (Å²) in [5.74, 6) is 0. The second kappa shape index (κ2) is 15.9. The highest BCUT2D eigenvalue weighted by Gasteiger charge is 2.51. The van der Waals surface area contributed by atoms with Gasteiger partial charge in [-0.05, 0) is 18.9 Å². The van der Waals surface area contributed by atoms with E-state index in [2.05, 4.69) is 0 Å². The summed E-state index contributed by atoms with van der Waals surface area (Å²) in [6, 6.07) is 2.57. The van der Waals surface area contributed by atoms with Crippen LogP contribution in [0.2, 0.25) is 0 Å². The molecule has 32 nitrogen and oxygen atoms in total. The van der Waals surface area contributed by atoms with Gasteiger partial charge in [0.15, 0.2) is 0 Å². The summed E-state index contributed by atoms with van der Waals surface area (Å²) in [5, 5.41) is 197. The van der Waals surface area contributed by atoms with E-state index in [4.69, 9.17) is 0 Å². The molecule has 32 heteroatoms. The largest absolute Gasteiger partial charge is 0.621 e. The van der Waals surface area contributed by atoms with Crippen LogP contribution in [-0.4, -0.2) is 0 Å². The molecule has 0 atom stereocenters. The van der Waals surface area contributed by atoms with E-state index in [9.17, 15) is 83.3 Å². The minimum Gasteiger partial charge on any atom is -0.618 e. The SMILES string of the molecule is Cc1c(C)[n+]([O-])c2c([n+]1[O-])[n+]([O-])c1c([n+]([O-])c(C)c(C)[n+]1[O-])[n+]2[O-].Cc1c(C)[n+]([O-])c2c([n+]1[O-])[n+]([O-])c1c([n+]([O-])c(C)c(C)[n+]1[O-])[n+]2[O-].Cc1c(C)[n+]([O-])c2cc3c(cc2[n+]1[O-])[n+]([O-])c(C)c(C)[n+]3[O-]. The highest BCUT2D eigenvalue weighted by Crippen LogP contribution is 2.17. The summed E-state index contributed by atoms with van der Waals surface area (Å²) in [4.78, 5) is 0. The van der Waals surface area contributed by atoms with Gasteiger partial charge in [0, 0.05) is 83.1 Å². The highest BCUT2D eigenvalue weighted by atomic mass is 16.6. The zero-order valence-corrected chi connectivity index (χ0v) is 38.8. The lowest BCUT2D eigenvalue weighted by atomic mass is 10.2. The molecule has 0 fully saturated rings. The number of nitrogens with zero attached hydrogens (tertiary/aromatic N) is 16. The van der Waals surface area contributed by atoms with Gasteiger partial charge in [0.2, 0.25) is 0 Å². The fourth-order valence-electron chi connectivity index (χ4n) is 7.48. The van der Waals surface area contributed by atoms with Gasteiger partial charge >= 0.3 is 45.2 Å². The molecule has 0 unspecified atom stereocenters. The monoisotopic (exact) mass is 974 g/mol. The first-order valence-corrected chi connectivity index (χ1v) is 20.2. The molecule has 0 bridgehead atoms. The van der Waals surface area contributed by atoms with Gasteiger partial charge in [0.1, 0.15) is 0 Å². The van der Waals surface area contributed by atoms with E-state index >= 15 is 0 Å². The van der Waals surface area contributed by atoms with Crippen molar-refractivity contribution in [2.45, 2.75) is 83.1 Å². The molecule has 0 N–H and O–H groups in total. The van der Waals surface area contributed by atoms with Gasteiger partial charge in [0.25, 0.3) is 90.4 Å². The number of benzene rings is 1. The number of fused-ring (bicyclic) bond motifs is 6. The number of hydrogen-bond acceptors (Lipinski definition) is 16. The van der Waals surface area contributed by atoms with Gasteiger partial charge < -0.3 is 83.3 Å². The molecule has 366 valence electrons. The van der Waals surface area contributed by atoms with E-state index in [1.807, 2.05) is 0 Å². The molecule has 0 aliphatic heterocycles. The number of hydrogen-bond donors (Lipinski definition) is 0. The summed E-state index contributed by atoms with van der Waals surface area (Å²) in [6.45, 7) is 16.4. The fourth-order valence-corrected chi connectivity index (χ4v) is 7.48. The van der Waals surface area contributed by atoms with E-state index < -0.39 is 45.2 Å². The van der Waals surface area contributed by atoms with Gasteiger partial charge in [-0.1, -0.05) is 37.8 Å². The molecular weight excluding hydrogens is 937 g/mol. The maximum Gasteiger partial charge on any atom is 0.621 e. The van der Waals surface area contributed by atoms with Crippen molar-refractivity contribution in [1.29, 1.82) is 0 Å². The summed E-state index contributed by atoms with van der Waals surface area (Å²) in [6.07, 6.45) is 0. The van der Waals surface area contributed by atoms with E-state index in [1.165, 1.54) is 95.2 Å². The lowest BCUT2D eigenvalue weighted by molar-refractivity contribution is -0.795. The Morgan fingerprint density at radius 2 is 0.271 bits per heavy atom. The van der Waals surface area contributed by atoms with Gasteiger partial charge in [-0.25, -0.2) is 0 Å². The van der Waals surface area contributed by atoms with Crippen LogP contribution in [-0.2, 0) is 0 Å². The first kappa shape index (κ1) is 48.2. The molecule has 0 aliphatic rings. The van der Waals surface area contributed by atoms with Crippen molar-refractivity contribution >= 4 is 67.2 Å². The molecule has 0 amide bonds. The Balaban J connectivity index is 0.000000155. The molecule has 9 aromatic rings. The van der Waals surface area contributed by atoms with Crippen molar-refractivity contribution in [3.63, 3.8) is 0 Å². The smallest absolute Gasteiger partial charge is 0.618 e. The number of rotatable bonds is 0. The van der Waals surface area contributed by atoms with Crippen LogP contribution in [0.4, 0.5) is 0 Å². The average molecular weight is 975 g/mol. The molecule has 8 heterocycles. The third-order valence-corrected chi connectivity index (χ3v) is 12.6. The Bertz CT molecular complexity index is 3240. The molecule has 0 aliphatic carbocycles. The number of aromatic nitrogens is 16. The van der Waals surface area contributed by atoms with E-state index in [0.717, 1.165) is 0 Å². The van der Waals surface area contributed by atoms with Crippen LogP contribution in [0.5, 0.6) is 0 Å². The minimum absolute atomic E-state index is 0.0541. The third kappa shape index (κ3) is 6.28. The normalized spacial score (nSPS) is 11.5. The summed E-state index contributed by atoms with van der Waals surface area (Å²) in [5.41, 5.74) is -6.67. The van der Waals surface area contributed by atoms with Gasteiger partial charge in [-0.15, -0.1) is 0 Å². The second-order valence-electron chi connectivity index (χ2n) is 16.2. The molecule has 8 aromatic heterocycles. The highest BCUT2D eigenvalue weighted by molar-refractivity contribution is 5.84. The molecule has 1 aromatic carbocycles. The summed E-state index contributed by atoms with van der Waals surface area (Å²) >= 11 is 0. The van der Waals surface area contributed by atoms with Crippen LogP contribution in [0.3, 0.4) is 0 Å². The van der Waals surface area contributed by atoms with Gasteiger partial charge in [-0.2, -0.15) is 18.9 Å². The topological polar surface area (TPSA) is 431 Å². The van der Waals surface area contributed by atoms with Crippen molar-refractivity contribution in [3.05, 3.63) is 164 Å². The summed E-state index contributed by atoms with van der Waals surface area (Å²) in [7, 11) is 0. The Morgan fingerprint density at radius 1 is 0.171 bits per heavy atom. The Labute approximate surface area is 389 Å². The van der Waals surface area contributed by atoms with Gasteiger partial charge in [0.05, 0.1) is 12.1 Å². The predicted octanol–water partition coefficient (Wildman–Crippen LogP) is -6.19.